The smallest absolute Gasteiger partial charge is 0.0494 e. The van der Waals surface area contributed by atoms with E-state index in [0.29, 0.717) is 0 Å². The average molecular weight is 237 g/mol. The monoisotopic (exact) mass is 237 g/mol. The molecule has 0 aromatic rings. The Morgan fingerprint density at radius 2 is 2.00 bits per heavy atom. The second-order valence-electron chi connectivity index (χ2n) is 6.51. The molecule has 98 valence electrons. The molecule has 0 heterocycles. The predicted molar refractivity (Wildman–Crippen MR) is 70.0 cm³/mol. The average Bonchev–Trinajstić information content (AvgIpc) is 2.93. The molecule has 1 N–H and O–H groups in total. The fourth-order valence-corrected chi connectivity index (χ4v) is 3.75. The van der Waals surface area contributed by atoms with Crippen LogP contribution in [0.5, 0.6) is 0 Å². The molecule has 0 aromatic heterocycles. The van der Waals surface area contributed by atoms with Crippen LogP contribution in [-0.2, 0) is 4.74 Å². The molecule has 3 saturated carbocycles. The second-order valence-corrected chi connectivity index (χ2v) is 6.51. The lowest BCUT2D eigenvalue weighted by Crippen LogP contribution is -2.27. The highest BCUT2D eigenvalue weighted by Crippen LogP contribution is 2.47. The van der Waals surface area contributed by atoms with Crippen molar-refractivity contribution in [3.05, 3.63) is 0 Å². The van der Waals surface area contributed by atoms with E-state index in [4.69, 9.17) is 4.74 Å². The zero-order chi connectivity index (χ0) is 11.5. The number of hydrogen-bond donors (Lipinski definition) is 1. The Balaban J connectivity index is 1.17. The molecule has 0 saturated heterocycles. The van der Waals surface area contributed by atoms with Crippen molar-refractivity contribution >= 4 is 0 Å². The first kappa shape index (κ1) is 12.0. The minimum absolute atomic E-state index is 0.914. The fraction of sp³-hybridized carbons (Fsp3) is 1.00. The van der Waals surface area contributed by atoms with E-state index in [1.807, 2.05) is 0 Å². The molecule has 2 heteroatoms. The van der Waals surface area contributed by atoms with Crippen LogP contribution in [0.2, 0.25) is 0 Å². The van der Waals surface area contributed by atoms with Gasteiger partial charge in [0.1, 0.15) is 0 Å². The summed E-state index contributed by atoms with van der Waals surface area (Å²) < 4.78 is 5.64. The second kappa shape index (κ2) is 5.71. The summed E-state index contributed by atoms with van der Waals surface area (Å²) in [5.41, 5.74) is 0. The van der Waals surface area contributed by atoms with Crippen LogP contribution in [0, 0.1) is 23.7 Å². The van der Waals surface area contributed by atoms with Crippen molar-refractivity contribution in [3.8, 4) is 0 Å². The van der Waals surface area contributed by atoms with Gasteiger partial charge in [0, 0.05) is 13.2 Å². The van der Waals surface area contributed by atoms with Gasteiger partial charge in [-0.05, 0) is 75.3 Å². The van der Waals surface area contributed by atoms with Crippen molar-refractivity contribution in [3.63, 3.8) is 0 Å². The fourth-order valence-electron chi connectivity index (χ4n) is 3.75. The summed E-state index contributed by atoms with van der Waals surface area (Å²) in [5.74, 6) is 4.07. The van der Waals surface area contributed by atoms with Crippen molar-refractivity contribution in [2.75, 3.05) is 26.3 Å². The maximum absolute atomic E-state index is 5.64. The third kappa shape index (κ3) is 3.45. The van der Waals surface area contributed by atoms with E-state index in [9.17, 15) is 0 Å². The Labute approximate surface area is 105 Å². The maximum atomic E-state index is 5.64. The molecule has 0 aliphatic heterocycles. The van der Waals surface area contributed by atoms with Gasteiger partial charge in [-0.1, -0.05) is 6.42 Å². The third-order valence-corrected chi connectivity index (χ3v) is 4.98. The van der Waals surface area contributed by atoms with Crippen molar-refractivity contribution in [1.82, 2.24) is 5.32 Å². The SMILES string of the molecule is C(CNCC1CC2CCC1C2)COCC1CC1. The van der Waals surface area contributed by atoms with E-state index in [2.05, 4.69) is 5.32 Å². The summed E-state index contributed by atoms with van der Waals surface area (Å²) in [4.78, 5) is 0. The minimum Gasteiger partial charge on any atom is -0.381 e. The van der Waals surface area contributed by atoms with Crippen LogP contribution in [0.4, 0.5) is 0 Å². The maximum Gasteiger partial charge on any atom is 0.0494 e. The van der Waals surface area contributed by atoms with Crippen molar-refractivity contribution in [2.24, 2.45) is 23.7 Å². The van der Waals surface area contributed by atoms with E-state index in [-0.39, 0.29) is 0 Å². The molecule has 0 radical (unpaired) electrons. The molecule has 3 atom stereocenters. The zero-order valence-electron chi connectivity index (χ0n) is 11.0. The van der Waals surface area contributed by atoms with E-state index < -0.39 is 0 Å². The summed E-state index contributed by atoms with van der Waals surface area (Å²) in [7, 11) is 0. The van der Waals surface area contributed by atoms with Crippen LogP contribution in [0.25, 0.3) is 0 Å². The van der Waals surface area contributed by atoms with Gasteiger partial charge in [-0.15, -0.1) is 0 Å². The summed E-state index contributed by atoms with van der Waals surface area (Å²) in [6, 6.07) is 0. The molecule has 3 fully saturated rings. The Hall–Kier alpha value is -0.0800. The predicted octanol–water partition coefficient (Wildman–Crippen LogP) is 2.83. The Kier molecular flexibility index (Phi) is 4.02. The van der Waals surface area contributed by atoms with Crippen LogP contribution >= 0.6 is 0 Å². The van der Waals surface area contributed by atoms with Crippen LogP contribution in [-0.4, -0.2) is 26.3 Å². The normalized spacial score (nSPS) is 35.6. The number of ether oxygens (including phenoxy) is 1. The highest BCUT2D eigenvalue weighted by molar-refractivity contribution is 4.90. The van der Waals surface area contributed by atoms with Gasteiger partial charge in [-0.2, -0.15) is 0 Å². The van der Waals surface area contributed by atoms with E-state index >= 15 is 0 Å². The lowest BCUT2D eigenvalue weighted by atomic mass is 9.89. The number of rotatable bonds is 8. The quantitative estimate of drug-likeness (QED) is 0.655. The number of hydrogen-bond acceptors (Lipinski definition) is 2. The zero-order valence-corrected chi connectivity index (χ0v) is 11.0. The van der Waals surface area contributed by atoms with Gasteiger partial charge in [0.15, 0.2) is 0 Å². The standard InChI is InChI=1S/C15H27NO/c1(7-17-11-12-2-3-12)6-16-10-15-9-13-4-5-14(15)8-13/h12-16H,1-11H2. The van der Waals surface area contributed by atoms with Gasteiger partial charge < -0.3 is 10.1 Å². The minimum atomic E-state index is 0.914. The van der Waals surface area contributed by atoms with E-state index in [0.717, 1.165) is 43.4 Å². The van der Waals surface area contributed by atoms with Crippen LogP contribution < -0.4 is 5.32 Å². The molecule has 2 bridgehead atoms. The summed E-state index contributed by atoms with van der Waals surface area (Å²) in [6.45, 7) is 4.40. The first-order chi connectivity index (χ1) is 8.42. The Bertz CT molecular complexity index is 239. The summed E-state index contributed by atoms with van der Waals surface area (Å²) in [5, 5.41) is 3.64. The van der Waals surface area contributed by atoms with Crippen molar-refractivity contribution in [2.45, 2.75) is 44.9 Å². The van der Waals surface area contributed by atoms with Crippen LogP contribution in [0.1, 0.15) is 44.9 Å². The lowest BCUT2D eigenvalue weighted by Gasteiger charge is -2.21. The molecule has 3 rings (SSSR count). The molecule has 0 spiro atoms. The molecule has 3 aliphatic rings. The first-order valence-electron chi connectivity index (χ1n) is 7.70. The van der Waals surface area contributed by atoms with Gasteiger partial charge in [0.2, 0.25) is 0 Å². The van der Waals surface area contributed by atoms with Gasteiger partial charge in [0.25, 0.3) is 0 Å². The summed E-state index contributed by atoms with van der Waals surface area (Å²) >= 11 is 0. The van der Waals surface area contributed by atoms with Crippen molar-refractivity contribution < 1.29 is 4.74 Å². The topological polar surface area (TPSA) is 21.3 Å². The molecule has 2 nitrogen and oxygen atoms in total. The molecular weight excluding hydrogens is 210 g/mol. The number of fused-ring (bicyclic) bond motifs is 2. The molecular formula is C15H27NO. The van der Waals surface area contributed by atoms with Crippen LogP contribution in [0.3, 0.4) is 0 Å². The highest BCUT2D eigenvalue weighted by Gasteiger charge is 2.38. The lowest BCUT2D eigenvalue weighted by molar-refractivity contribution is 0.121. The highest BCUT2D eigenvalue weighted by atomic mass is 16.5. The van der Waals surface area contributed by atoms with Gasteiger partial charge in [-0.3, -0.25) is 0 Å². The number of nitrogens with one attached hydrogen (secondary N) is 1. The van der Waals surface area contributed by atoms with Gasteiger partial charge in [-0.25, -0.2) is 0 Å². The van der Waals surface area contributed by atoms with Gasteiger partial charge in [0.05, 0.1) is 0 Å². The van der Waals surface area contributed by atoms with E-state index in [1.165, 1.54) is 51.5 Å². The Morgan fingerprint density at radius 1 is 1.06 bits per heavy atom. The molecule has 17 heavy (non-hydrogen) atoms. The van der Waals surface area contributed by atoms with Crippen LogP contribution in [0.15, 0.2) is 0 Å². The van der Waals surface area contributed by atoms with E-state index in [1.54, 1.807) is 0 Å². The Morgan fingerprint density at radius 3 is 2.71 bits per heavy atom. The summed E-state index contributed by atoms with van der Waals surface area (Å²) in [6.07, 6.45) is 10.1. The molecule has 3 unspecified atom stereocenters. The first-order valence-corrected chi connectivity index (χ1v) is 7.70. The molecule has 0 amide bonds. The largest absolute Gasteiger partial charge is 0.381 e. The molecule has 3 aliphatic carbocycles. The third-order valence-electron chi connectivity index (χ3n) is 4.98. The molecule has 0 aromatic carbocycles. The van der Waals surface area contributed by atoms with Crippen molar-refractivity contribution in [1.29, 1.82) is 0 Å². The van der Waals surface area contributed by atoms with Gasteiger partial charge >= 0.3 is 0 Å².